The van der Waals surface area contributed by atoms with Crippen LogP contribution in [0.15, 0.2) is 6.20 Å². The van der Waals surface area contributed by atoms with Crippen LogP contribution in [0.5, 0.6) is 0 Å². The minimum atomic E-state index is 0.734. The van der Waals surface area contributed by atoms with E-state index in [-0.39, 0.29) is 0 Å². The zero-order valence-electron chi connectivity index (χ0n) is 12.6. The Bertz CT molecular complexity index is 408. The van der Waals surface area contributed by atoms with E-state index in [0.717, 1.165) is 43.8 Å². The third kappa shape index (κ3) is 4.03. The molecule has 0 saturated heterocycles. The van der Waals surface area contributed by atoms with Crippen LogP contribution < -0.4 is 5.32 Å². The van der Waals surface area contributed by atoms with E-state index in [1.165, 1.54) is 38.6 Å². The molecular weight excluding hydrogens is 250 g/mol. The van der Waals surface area contributed by atoms with Gasteiger partial charge in [0.1, 0.15) is 0 Å². The van der Waals surface area contributed by atoms with Gasteiger partial charge in [-0.2, -0.15) is 0 Å². The van der Waals surface area contributed by atoms with E-state index in [2.05, 4.69) is 33.6 Å². The Balaban J connectivity index is 1.39. The molecule has 0 bridgehead atoms. The van der Waals surface area contributed by atoms with Crippen molar-refractivity contribution < 1.29 is 0 Å². The fourth-order valence-electron chi connectivity index (χ4n) is 2.73. The van der Waals surface area contributed by atoms with E-state index in [1.54, 1.807) is 0 Å². The molecule has 0 aliphatic heterocycles. The van der Waals surface area contributed by atoms with Crippen LogP contribution in [0.3, 0.4) is 0 Å². The topological polar surface area (TPSA) is 46.0 Å². The lowest BCUT2D eigenvalue weighted by Gasteiger charge is -2.31. The van der Waals surface area contributed by atoms with Gasteiger partial charge in [0.05, 0.1) is 12.2 Å². The highest BCUT2D eigenvalue weighted by atomic mass is 15.4. The number of nitrogens with one attached hydrogen (secondary N) is 1. The first-order valence-electron chi connectivity index (χ1n) is 8.18. The molecule has 112 valence electrons. The molecule has 2 aliphatic rings. The van der Waals surface area contributed by atoms with Gasteiger partial charge in [-0.1, -0.05) is 18.6 Å². The van der Waals surface area contributed by atoms with Crippen molar-refractivity contribution in [2.45, 2.75) is 58.2 Å². The Hall–Kier alpha value is -0.940. The summed E-state index contributed by atoms with van der Waals surface area (Å²) in [5.41, 5.74) is 1.07. The molecule has 2 saturated carbocycles. The highest BCUT2D eigenvalue weighted by Gasteiger charge is 2.21. The number of likely N-dealkylation sites (N-methyl/N-ethyl adjacent to an activating group) is 1. The third-order valence-electron chi connectivity index (χ3n) is 4.57. The van der Waals surface area contributed by atoms with E-state index >= 15 is 0 Å². The maximum absolute atomic E-state index is 4.24. The molecule has 1 aromatic rings. The minimum absolute atomic E-state index is 0.734. The van der Waals surface area contributed by atoms with Crippen molar-refractivity contribution in [2.24, 2.45) is 5.92 Å². The lowest BCUT2D eigenvalue weighted by molar-refractivity contribution is 0.177. The highest BCUT2D eigenvalue weighted by molar-refractivity contribution is 4.94. The largest absolute Gasteiger partial charge is 0.308 e. The van der Waals surface area contributed by atoms with Crippen LogP contribution in [0.2, 0.25) is 0 Å². The molecule has 0 radical (unpaired) electrons. The molecule has 0 unspecified atom stereocenters. The summed E-state index contributed by atoms with van der Waals surface area (Å²) in [5, 5.41) is 12.0. The Morgan fingerprint density at radius 1 is 1.35 bits per heavy atom. The monoisotopic (exact) mass is 277 g/mol. The van der Waals surface area contributed by atoms with Crippen LogP contribution in [-0.4, -0.2) is 45.6 Å². The van der Waals surface area contributed by atoms with Crippen LogP contribution >= 0.6 is 0 Å². The van der Waals surface area contributed by atoms with Gasteiger partial charge < -0.3 is 10.2 Å². The molecule has 1 aromatic heterocycles. The molecule has 5 heteroatoms. The molecule has 1 N–H and O–H groups in total. The SMILES string of the molecule is CCN(CCn1cc(CNC2CC2)nn1)CC1CCC1. The minimum Gasteiger partial charge on any atom is -0.308 e. The summed E-state index contributed by atoms with van der Waals surface area (Å²) in [6.07, 6.45) is 9.02. The maximum atomic E-state index is 4.24. The van der Waals surface area contributed by atoms with Crippen LogP contribution in [0.25, 0.3) is 0 Å². The Labute approximate surface area is 121 Å². The smallest absolute Gasteiger partial charge is 0.0964 e. The fourth-order valence-corrected chi connectivity index (χ4v) is 2.73. The first kappa shape index (κ1) is 14.0. The average Bonchev–Trinajstić information content (AvgIpc) is 3.13. The van der Waals surface area contributed by atoms with Gasteiger partial charge in [-0.05, 0) is 38.1 Å². The van der Waals surface area contributed by atoms with E-state index in [1.807, 2.05) is 4.68 Å². The summed E-state index contributed by atoms with van der Waals surface area (Å²) in [6, 6.07) is 0.734. The molecule has 1 heterocycles. The first-order chi connectivity index (χ1) is 9.83. The van der Waals surface area contributed by atoms with Gasteiger partial charge >= 0.3 is 0 Å². The van der Waals surface area contributed by atoms with Crippen LogP contribution in [0.1, 0.15) is 44.7 Å². The second kappa shape index (κ2) is 6.68. The van der Waals surface area contributed by atoms with Crippen LogP contribution in [-0.2, 0) is 13.1 Å². The van der Waals surface area contributed by atoms with E-state index in [9.17, 15) is 0 Å². The normalized spacial score (nSPS) is 19.5. The first-order valence-corrected chi connectivity index (χ1v) is 8.18. The van der Waals surface area contributed by atoms with Crippen molar-refractivity contribution in [1.82, 2.24) is 25.2 Å². The lowest BCUT2D eigenvalue weighted by atomic mass is 9.85. The molecular formula is C15H27N5. The summed E-state index contributed by atoms with van der Waals surface area (Å²) in [6.45, 7) is 7.57. The van der Waals surface area contributed by atoms with Gasteiger partial charge in [-0.3, -0.25) is 4.68 Å². The summed E-state index contributed by atoms with van der Waals surface area (Å²) in [7, 11) is 0. The molecule has 3 rings (SSSR count). The molecule has 0 atom stereocenters. The molecule has 0 amide bonds. The number of aromatic nitrogens is 3. The highest BCUT2D eigenvalue weighted by Crippen LogP contribution is 2.26. The number of hydrogen-bond acceptors (Lipinski definition) is 4. The van der Waals surface area contributed by atoms with E-state index in [0.29, 0.717) is 0 Å². The van der Waals surface area contributed by atoms with E-state index in [4.69, 9.17) is 0 Å². The second-order valence-corrected chi connectivity index (χ2v) is 6.32. The quantitative estimate of drug-likeness (QED) is 0.745. The fraction of sp³-hybridized carbons (Fsp3) is 0.867. The molecule has 5 nitrogen and oxygen atoms in total. The summed E-state index contributed by atoms with van der Waals surface area (Å²) >= 11 is 0. The van der Waals surface area contributed by atoms with Crippen LogP contribution in [0.4, 0.5) is 0 Å². The van der Waals surface area contributed by atoms with Crippen molar-refractivity contribution in [3.63, 3.8) is 0 Å². The average molecular weight is 277 g/mol. The van der Waals surface area contributed by atoms with Gasteiger partial charge in [-0.15, -0.1) is 5.10 Å². The van der Waals surface area contributed by atoms with Crippen molar-refractivity contribution in [3.05, 3.63) is 11.9 Å². The van der Waals surface area contributed by atoms with Gasteiger partial charge in [0.25, 0.3) is 0 Å². The zero-order valence-corrected chi connectivity index (χ0v) is 12.6. The molecule has 2 aliphatic carbocycles. The lowest BCUT2D eigenvalue weighted by Crippen LogP contribution is -2.34. The Kier molecular flexibility index (Phi) is 4.68. The Morgan fingerprint density at radius 3 is 2.85 bits per heavy atom. The van der Waals surface area contributed by atoms with Gasteiger partial charge in [0.2, 0.25) is 0 Å². The summed E-state index contributed by atoms with van der Waals surface area (Å²) in [5.74, 6) is 0.948. The summed E-state index contributed by atoms with van der Waals surface area (Å²) in [4.78, 5) is 2.55. The molecule has 0 spiro atoms. The van der Waals surface area contributed by atoms with Crippen molar-refractivity contribution >= 4 is 0 Å². The van der Waals surface area contributed by atoms with Crippen molar-refractivity contribution in [1.29, 1.82) is 0 Å². The molecule has 0 aromatic carbocycles. The zero-order chi connectivity index (χ0) is 13.8. The molecule has 2 fully saturated rings. The summed E-state index contributed by atoms with van der Waals surface area (Å²) < 4.78 is 1.99. The van der Waals surface area contributed by atoms with E-state index < -0.39 is 0 Å². The third-order valence-corrected chi connectivity index (χ3v) is 4.57. The van der Waals surface area contributed by atoms with Crippen LogP contribution in [0, 0.1) is 5.92 Å². The predicted octanol–water partition coefficient (Wildman–Crippen LogP) is 1.65. The number of hydrogen-bond donors (Lipinski definition) is 1. The van der Waals surface area contributed by atoms with Gasteiger partial charge in [0, 0.05) is 31.9 Å². The van der Waals surface area contributed by atoms with Gasteiger partial charge in [0.15, 0.2) is 0 Å². The maximum Gasteiger partial charge on any atom is 0.0964 e. The number of rotatable bonds is 9. The predicted molar refractivity (Wildman–Crippen MR) is 79.3 cm³/mol. The molecule has 20 heavy (non-hydrogen) atoms. The Morgan fingerprint density at radius 2 is 2.20 bits per heavy atom. The second-order valence-electron chi connectivity index (χ2n) is 6.32. The standard InChI is InChI=1S/C15H27N5/c1-2-19(11-13-4-3-5-13)8-9-20-12-15(17-18-20)10-16-14-6-7-14/h12-14,16H,2-11H2,1H3. The van der Waals surface area contributed by atoms with Gasteiger partial charge in [-0.25, -0.2) is 0 Å². The van der Waals surface area contributed by atoms with Crippen molar-refractivity contribution in [2.75, 3.05) is 19.6 Å². The number of nitrogens with zero attached hydrogens (tertiary/aromatic N) is 4. The van der Waals surface area contributed by atoms with Crippen molar-refractivity contribution in [3.8, 4) is 0 Å².